The highest BCUT2D eigenvalue weighted by Gasteiger charge is 2.37. The van der Waals surface area contributed by atoms with Gasteiger partial charge >= 0.3 is 0 Å². The van der Waals surface area contributed by atoms with Gasteiger partial charge in [0.15, 0.2) is 0 Å². The monoisotopic (exact) mass is 190 g/mol. The molecule has 4 atom stereocenters. The number of hydrogen-bond donors (Lipinski definition) is 3. The first kappa shape index (κ1) is 10.9. The summed E-state index contributed by atoms with van der Waals surface area (Å²) in [6, 6.07) is 0. The summed E-state index contributed by atoms with van der Waals surface area (Å²) in [5.74, 6) is 0.191. The van der Waals surface area contributed by atoms with Crippen molar-refractivity contribution in [2.24, 2.45) is 5.92 Å². The summed E-state index contributed by atoms with van der Waals surface area (Å²) in [6.45, 7) is 3.69. The summed E-state index contributed by atoms with van der Waals surface area (Å²) < 4.78 is 5.37. The zero-order valence-corrected chi connectivity index (χ0v) is 8.05. The fraction of sp³-hybridized carbons (Fsp3) is 1.00. The van der Waals surface area contributed by atoms with E-state index in [1.54, 1.807) is 0 Å². The zero-order valence-electron chi connectivity index (χ0n) is 8.05. The third kappa shape index (κ3) is 2.40. The molecule has 1 heterocycles. The highest BCUT2D eigenvalue weighted by atomic mass is 16.5. The number of aliphatic hydroxyl groups is 3. The Morgan fingerprint density at radius 2 is 1.92 bits per heavy atom. The van der Waals surface area contributed by atoms with Crippen LogP contribution in [0.4, 0.5) is 0 Å². The highest BCUT2D eigenvalue weighted by molar-refractivity contribution is 4.85. The van der Waals surface area contributed by atoms with E-state index in [-0.39, 0.29) is 25.0 Å². The average Bonchev–Trinajstić information content (AvgIpc) is 2.03. The number of aliphatic hydroxyl groups excluding tert-OH is 3. The first-order valence-corrected chi connectivity index (χ1v) is 4.68. The van der Waals surface area contributed by atoms with Crippen molar-refractivity contribution in [2.45, 2.75) is 44.7 Å². The maximum Gasteiger partial charge on any atom is 0.107 e. The molecular weight excluding hydrogens is 172 g/mol. The minimum atomic E-state index is -0.755. The van der Waals surface area contributed by atoms with Crippen molar-refractivity contribution in [2.75, 3.05) is 6.61 Å². The van der Waals surface area contributed by atoms with E-state index in [1.807, 2.05) is 13.8 Å². The van der Waals surface area contributed by atoms with E-state index in [9.17, 15) is 10.2 Å². The van der Waals surface area contributed by atoms with Crippen LogP contribution >= 0.6 is 0 Å². The standard InChI is InChI=1S/C9H18O4/c1-5(2)9-7(12)3-6(11)8(4-10)13-9/h5-12H,3-4H2,1-2H3/t6-,7-,8?,9?/m0/s1. The molecule has 13 heavy (non-hydrogen) atoms. The lowest BCUT2D eigenvalue weighted by atomic mass is 9.92. The van der Waals surface area contributed by atoms with Crippen molar-refractivity contribution in [1.82, 2.24) is 0 Å². The van der Waals surface area contributed by atoms with E-state index in [0.29, 0.717) is 0 Å². The van der Waals surface area contributed by atoms with Crippen molar-refractivity contribution < 1.29 is 20.1 Å². The molecule has 0 radical (unpaired) electrons. The predicted octanol–water partition coefficient (Wildman–Crippen LogP) is -0.486. The van der Waals surface area contributed by atoms with Crippen LogP contribution in [0.1, 0.15) is 20.3 Å². The van der Waals surface area contributed by atoms with E-state index < -0.39 is 18.3 Å². The molecule has 0 spiro atoms. The molecule has 0 aromatic heterocycles. The molecule has 3 N–H and O–H groups in total. The van der Waals surface area contributed by atoms with Gasteiger partial charge in [-0.3, -0.25) is 0 Å². The Morgan fingerprint density at radius 3 is 2.38 bits per heavy atom. The van der Waals surface area contributed by atoms with Crippen molar-refractivity contribution in [1.29, 1.82) is 0 Å². The minimum Gasteiger partial charge on any atom is -0.394 e. The van der Waals surface area contributed by atoms with Crippen molar-refractivity contribution in [3.8, 4) is 0 Å². The van der Waals surface area contributed by atoms with Gasteiger partial charge in [-0.1, -0.05) is 13.8 Å². The number of hydrogen-bond acceptors (Lipinski definition) is 4. The summed E-state index contributed by atoms with van der Waals surface area (Å²) >= 11 is 0. The van der Waals surface area contributed by atoms with Crippen LogP contribution in [-0.4, -0.2) is 46.3 Å². The van der Waals surface area contributed by atoms with Crippen molar-refractivity contribution in [3.05, 3.63) is 0 Å². The van der Waals surface area contributed by atoms with Gasteiger partial charge in [0.25, 0.3) is 0 Å². The van der Waals surface area contributed by atoms with Crippen LogP contribution in [-0.2, 0) is 4.74 Å². The van der Waals surface area contributed by atoms with Gasteiger partial charge in [-0.25, -0.2) is 0 Å². The molecule has 0 bridgehead atoms. The maximum atomic E-state index is 9.56. The molecule has 1 saturated heterocycles. The smallest absolute Gasteiger partial charge is 0.107 e. The molecule has 0 aromatic carbocycles. The predicted molar refractivity (Wildman–Crippen MR) is 47.2 cm³/mol. The molecule has 4 heteroatoms. The van der Waals surface area contributed by atoms with Crippen LogP contribution < -0.4 is 0 Å². The van der Waals surface area contributed by atoms with Gasteiger partial charge < -0.3 is 20.1 Å². The van der Waals surface area contributed by atoms with Crippen LogP contribution in [0.15, 0.2) is 0 Å². The minimum absolute atomic E-state index is 0.191. The molecule has 0 amide bonds. The van der Waals surface area contributed by atoms with Gasteiger partial charge in [-0.2, -0.15) is 0 Å². The van der Waals surface area contributed by atoms with Gasteiger partial charge in [0.1, 0.15) is 6.10 Å². The van der Waals surface area contributed by atoms with Crippen molar-refractivity contribution in [3.63, 3.8) is 0 Å². The highest BCUT2D eigenvalue weighted by Crippen LogP contribution is 2.24. The van der Waals surface area contributed by atoms with Gasteiger partial charge in [0, 0.05) is 6.42 Å². The van der Waals surface area contributed by atoms with Crippen LogP contribution in [0.25, 0.3) is 0 Å². The lowest BCUT2D eigenvalue weighted by molar-refractivity contribution is -0.191. The Bertz CT molecular complexity index is 160. The fourth-order valence-corrected chi connectivity index (χ4v) is 1.68. The van der Waals surface area contributed by atoms with Gasteiger partial charge in [0.2, 0.25) is 0 Å². The first-order chi connectivity index (χ1) is 6.06. The topological polar surface area (TPSA) is 69.9 Å². The molecule has 0 aliphatic carbocycles. The molecule has 1 rings (SSSR count). The number of rotatable bonds is 2. The molecular formula is C9H18O4. The van der Waals surface area contributed by atoms with Crippen LogP contribution in [0.5, 0.6) is 0 Å². The second-order valence-corrected chi connectivity index (χ2v) is 3.94. The Morgan fingerprint density at radius 1 is 1.31 bits per heavy atom. The van der Waals surface area contributed by atoms with E-state index in [0.717, 1.165) is 0 Å². The lowest BCUT2D eigenvalue weighted by Gasteiger charge is -2.38. The molecule has 2 unspecified atom stereocenters. The SMILES string of the molecule is CC(C)C1OC(CO)[C@@H](O)C[C@@H]1O. The number of ether oxygens (including phenoxy) is 1. The molecule has 1 aliphatic rings. The lowest BCUT2D eigenvalue weighted by Crippen LogP contribution is -2.50. The second-order valence-electron chi connectivity index (χ2n) is 3.94. The van der Waals surface area contributed by atoms with Gasteiger partial charge in [-0.15, -0.1) is 0 Å². The molecule has 78 valence electrons. The largest absolute Gasteiger partial charge is 0.394 e. The maximum absolute atomic E-state index is 9.56. The van der Waals surface area contributed by atoms with Crippen LogP contribution in [0, 0.1) is 5.92 Å². The Kier molecular flexibility index (Phi) is 3.67. The van der Waals surface area contributed by atoms with Crippen LogP contribution in [0.3, 0.4) is 0 Å². The second kappa shape index (κ2) is 4.37. The van der Waals surface area contributed by atoms with Gasteiger partial charge in [0.05, 0.1) is 24.9 Å². The normalized spacial score (nSPS) is 41.1. The van der Waals surface area contributed by atoms with E-state index in [2.05, 4.69) is 0 Å². The average molecular weight is 190 g/mol. The molecule has 0 aromatic rings. The molecule has 1 aliphatic heterocycles. The third-order valence-corrected chi connectivity index (χ3v) is 2.46. The Labute approximate surface area is 78.1 Å². The summed E-state index contributed by atoms with van der Waals surface area (Å²) in [7, 11) is 0. The van der Waals surface area contributed by atoms with E-state index in [1.165, 1.54) is 0 Å². The van der Waals surface area contributed by atoms with E-state index in [4.69, 9.17) is 9.84 Å². The molecule has 4 nitrogen and oxygen atoms in total. The van der Waals surface area contributed by atoms with Crippen molar-refractivity contribution >= 4 is 0 Å². The Balaban J connectivity index is 2.58. The molecule has 0 saturated carbocycles. The quantitative estimate of drug-likeness (QED) is 0.550. The summed E-state index contributed by atoms with van der Waals surface area (Å²) in [4.78, 5) is 0. The summed E-state index contributed by atoms with van der Waals surface area (Å²) in [5, 5.41) is 27.8. The zero-order chi connectivity index (χ0) is 10.0. The molecule has 1 fully saturated rings. The summed E-state index contributed by atoms with van der Waals surface area (Å²) in [6.07, 6.45) is -1.92. The summed E-state index contributed by atoms with van der Waals surface area (Å²) in [5.41, 5.74) is 0. The Hall–Kier alpha value is -0.160. The van der Waals surface area contributed by atoms with E-state index >= 15 is 0 Å². The first-order valence-electron chi connectivity index (χ1n) is 4.68. The fourth-order valence-electron chi connectivity index (χ4n) is 1.68. The third-order valence-electron chi connectivity index (χ3n) is 2.46. The van der Waals surface area contributed by atoms with Crippen LogP contribution in [0.2, 0.25) is 0 Å². The van der Waals surface area contributed by atoms with Gasteiger partial charge in [-0.05, 0) is 5.92 Å².